The monoisotopic (exact) mass is 296 g/mol. The normalized spacial score (nSPS) is 18.6. The van der Waals surface area contributed by atoms with Crippen molar-refractivity contribution in [1.82, 2.24) is 14.8 Å². The molecule has 21 heavy (non-hydrogen) atoms. The minimum atomic E-state index is -4.37. The Morgan fingerprint density at radius 3 is 2.76 bits per heavy atom. The third-order valence-electron chi connectivity index (χ3n) is 3.63. The van der Waals surface area contributed by atoms with E-state index in [0.717, 1.165) is 25.5 Å². The Kier molecular flexibility index (Phi) is 3.44. The Bertz CT molecular complexity index is 648. The largest absolute Gasteiger partial charge is 0.416 e. The van der Waals surface area contributed by atoms with Gasteiger partial charge in [-0.15, -0.1) is 0 Å². The number of hydrogen-bond donors (Lipinski definition) is 1. The van der Waals surface area contributed by atoms with Gasteiger partial charge in [-0.3, -0.25) is 0 Å². The van der Waals surface area contributed by atoms with Crippen LogP contribution >= 0.6 is 0 Å². The molecule has 7 heteroatoms. The van der Waals surface area contributed by atoms with Crippen molar-refractivity contribution in [2.24, 2.45) is 5.73 Å². The van der Waals surface area contributed by atoms with E-state index in [4.69, 9.17) is 5.73 Å². The van der Waals surface area contributed by atoms with Crippen LogP contribution in [0.25, 0.3) is 0 Å². The van der Waals surface area contributed by atoms with Crippen molar-refractivity contribution >= 4 is 0 Å². The quantitative estimate of drug-likeness (QED) is 0.927. The van der Waals surface area contributed by atoms with Gasteiger partial charge in [-0.2, -0.15) is 18.3 Å². The minimum Gasteiger partial charge on any atom is -0.321 e. The highest BCUT2D eigenvalue weighted by atomic mass is 19.4. The second kappa shape index (κ2) is 5.14. The number of aryl methyl sites for hydroxylation is 1. The van der Waals surface area contributed by atoms with Crippen molar-refractivity contribution < 1.29 is 13.2 Å². The molecule has 2 aromatic rings. The minimum absolute atomic E-state index is 0.0579. The summed E-state index contributed by atoms with van der Waals surface area (Å²) in [6.45, 7) is 0.719. The van der Waals surface area contributed by atoms with Crippen molar-refractivity contribution in [3.8, 4) is 0 Å². The SMILES string of the molecule is NC1CCCn2nc(Cc3ccccc3C(F)(F)F)nc21. The van der Waals surface area contributed by atoms with Gasteiger partial charge >= 0.3 is 6.18 Å². The third kappa shape index (κ3) is 2.78. The summed E-state index contributed by atoms with van der Waals surface area (Å²) in [5, 5.41) is 4.28. The molecule has 0 bridgehead atoms. The van der Waals surface area contributed by atoms with E-state index in [1.165, 1.54) is 12.1 Å². The van der Waals surface area contributed by atoms with Crippen LogP contribution in [0, 0.1) is 0 Å². The zero-order valence-corrected chi connectivity index (χ0v) is 11.3. The molecule has 0 aliphatic carbocycles. The molecule has 0 saturated heterocycles. The van der Waals surface area contributed by atoms with Gasteiger partial charge in [0.1, 0.15) is 5.82 Å². The lowest BCUT2D eigenvalue weighted by Gasteiger charge is -2.17. The van der Waals surface area contributed by atoms with Gasteiger partial charge in [-0.1, -0.05) is 18.2 Å². The van der Waals surface area contributed by atoms with E-state index < -0.39 is 11.7 Å². The van der Waals surface area contributed by atoms with Crippen LogP contribution in [0.15, 0.2) is 24.3 Å². The molecule has 1 atom stereocenters. The van der Waals surface area contributed by atoms with Crippen LogP contribution in [-0.4, -0.2) is 14.8 Å². The van der Waals surface area contributed by atoms with Crippen molar-refractivity contribution in [2.75, 3.05) is 0 Å². The Morgan fingerprint density at radius 2 is 2.05 bits per heavy atom. The molecule has 4 nitrogen and oxygen atoms in total. The molecule has 0 amide bonds. The molecule has 1 aliphatic heterocycles. The fraction of sp³-hybridized carbons (Fsp3) is 0.429. The Balaban J connectivity index is 1.91. The number of rotatable bonds is 2. The molecule has 0 radical (unpaired) electrons. The second-order valence-electron chi connectivity index (χ2n) is 5.19. The number of alkyl halides is 3. The molecule has 0 saturated carbocycles. The first kappa shape index (κ1) is 14.1. The molecule has 3 rings (SSSR count). The van der Waals surface area contributed by atoms with Gasteiger partial charge in [0.05, 0.1) is 11.6 Å². The van der Waals surface area contributed by atoms with E-state index >= 15 is 0 Å². The van der Waals surface area contributed by atoms with Crippen LogP contribution < -0.4 is 5.73 Å². The topological polar surface area (TPSA) is 56.7 Å². The van der Waals surface area contributed by atoms with Crippen LogP contribution in [0.1, 0.15) is 41.7 Å². The molecule has 1 aliphatic rings. The highest BCUT2D eigenvalue weighted by Gasteiger charge is 2.33. The van der Waals surface area contributed by atoms with Crippen molar-refractivity contribution in [3.63, 3.8) is 0 Å². The summed E-state index contributed by atoms with van der Waals surface area (Å²) in [6.07, 6.45) is -2.57. The number of fused-ring (bicyclic) bond motifs is 1. The average Bonchev–Trinajstić information content (AvgIpc) is 2.82. The predicted molar refractivity (Wildman–Crippen MR) is 70.4 cm³/mol. The summed E-state index contributed by atoms with van der Waals surface area (Å²) < 4.78 is 40.6. The Labute approximate surface area is 119 Å². The number of nitrogens with zero attached hydrogens (tertiary/aromatic N) is 3. The number of halogens is 3. The van der Waals surface area contributed by atoms with Gasteiger partial charge in [0.15, 0.2) is 5.82 Å². The van der Waals surface area contributed by atoms with Gasteiger partial charge in [-0.25, -0.2) is 9.67 Å². The van der Waals surface area contributed by atoms with Crippen molar-refractivity contribution in [1.29, 1.82) is 0 Å². The van der Waals surface area contributed by atoms with Gasteiger partial charge in [-0.05, 0) is 24.5 Å². The summed E-state index contributed by atoms with van der Waals surface area (Å²) in [4.78, 5) is 4.31. The zero-order chi connectivity index (χ0) is 15.0. The lowest BCUT2D eigenvalue weighted by Crippen LogP contribution is -2.22. The molecular weight excluding hydrogens is 281 g/mol. The molecule has 112 valence electrons. The number of hydrogen-bond acceptors (Lipinski definition) is 3. The molecule has 2 heterocycles. The summed E-state index contributed by atoms with van der Waals surface area (Å²) >= 11 is 0. The first-order valence-corrected chi connectivity index (χ1v) is 6.79. The fourth-order valence-corrected chi connectivity index (χ4v) is 2.63. The van der Waals surface area contributed by atoms with Gasteiger partial charge < -0.3 is 5.73 Å². The smallest absolute Gasteiger partial charge is 0.321 e. The maximum Gasteiger partial charge on any atom is 0.416 e. The van der Waals surface area contributed by atoms with Gasteiger partial charge in [0.25, 0.3) is 0 Å². The van der Waals surface area contributed by atoms with Crippen LogP contribution in [0.3, 0.4) is 0 Å². The standard InChI is InChI=1S/C14H15F3N4/c15-14(16,17)10-5-2-1-4-9(10)8-12-19-13-11(18)6-3-7-21(13)20-12/h1-2,4-5,11H,3,6-8,18H2. The van der Waals surface area contributed by atoms with Gasteiger partial charge in [0, 0.05) is 13.0 Å². The first-order chi connectivity index (χ1) is 9.95. The van der Waals surface area contributed by atoms with Crippen LogP contribution in [0.4, 0.5) is 13.2 Å². The number of benzene rings is 1. The van der Waals surface area contributed by atoms with Gasteiger partial charge in [0.2, 0.25) is 0 Å². The van der Waals surface area contributed by atoms with Crippen molar-refractivity contribution in [3.05, 3.63) is 47.0 Å². The molecule has 0 fully saturated rings. The summed E-state index contributed by atoms with van der Waals surface area (Å²) in [5.41, 5.74) is 5.49. The average molecular weight is 296 g/mol. The number of nitrogens with two attached hydrogens (primary N) is 1. The summed E-state index contributed by atoms with van der Waals surface area (Å²) in [7, 11) is 0. The Hall–Kier alpha value is -1.89. The maximum absolute atomic E-state index is 13.0. The highest BCUT2D eigenvalue weighted by molar-refractivity contribution is 5.32. The lowest BCUT2D eigenvalue weighted by atomic mass is 10.0. The summed E-state index contributed by atoms with van der Waals surface area (Å²) in [5.74, 6) is 1.06. The highest BCUT2D eigenvalue weighted by Crippen LogP contribution is 2.32. The van der Waals surface area contributed by atoms with Crippen LogP contribution in [0.2, 0.25) is 0 Å². The van der Waals surface area contributed by atoms with Crippen LogP contribution in [0.5, 0.6) is 0 Å². The Morgan fingerprint density at radius 1 is 1.29 bits per heavy atom. The van der Waals surface area contributed by atoms with Crippen LogP contribution in [-0.2, 0) is 19.1 Å². The third-order valence-corrected chi connectivity index (χ3v) is 3.63. The fourth-order valence-electron chi connectivity index (χ4n) is 2.63. The summed E-state index contributed by atoms with van der Waals surface area (Å²) in [6, 6.07) is 5.33. The van der Waals surface area contributed by atoms with E-state index in [1.54, 1.807) is 10.7 Å². The van der Waals surface area contributed by atoms with E-state index in [0.29, 0.717) is 11.6 Å². The second-order valence-corrected chi connectivity index (χ2v) is 5.19. The molecular formula is C14H15F3N4. The van der Waals surface area contributed by atoms with Crippen molar-refractivity contribution in [2.45, 2.75) is 38.0 Å². The predicted octanol–water partition coefficient (Wildman–Crippen LogP) is 2.68. The van der Waals surface area contributed by atoms with E-state index in [-0.39, 0.29) is 18.0 Å². The molecule has 1 aromatic carbocycles. The van der Waals surface area contributed by atoms with E-state index in [2.05, 4.69) is 10.1 Å². The molecule has 1 unspecified atom stereocenters. The van der Waals surface area contributed by atoms with E-state index in [1.807, 2.05) is 0 Å². The zero-order valence-electron chi connectivity index (χ0n) is 11.3. The number of aromatic nitrogens is 3. The molecule has 2 N–H and O–H groups in total. The first-order valence-electron chi connectivity index (χ1n) is 6.79. The molecule has 0 spiro atoms. The maximum atomic E-state index is 13.0. The molecule has 1 aromatic heterocycles. The lowest BCUT2D eigenvalue weighted by molar-refractivity contribution is -0.138. The van der Waals surface area contributed by atoms with E-state index in [9.17, 15) is 13.2 Å².